The average Bonchev–Trinajstić information content (AvgIpc) is 3.04. The van der Waals surface area contributed by atoms with Crippen LogP contribution in [0, 0.1) is 5.82 Å². The molecule has 1 saturated heterocycles. The average molecular weight is 336 g/mol. The van der Waals surface area contributed by atoms with Gasteiger partial charge in [0, 0.05) is 19.4 Å². The third kappa shape index (κ3) is 4.57. The predicted octanol–water partition coefficient (Wildman–Crippen LogP) is 3.06. The molecule has 2 aromatic rings. The number of carbonyl (C=O) groups is 1. The zero-order valence-electron chi connectivity index (χ0n) is 12.5. The lowest BCUT2D eigenvalue weighted by Crippen LogP contribution is -2.32. The normalized spacial score (nSPS) is 17.9. The van der Waals surface area contributed by atoms with Crippen molar-refractivity contribution in [1.29, 1.82) is 0 Å². The van der Waals surface area contributed by atoms with E-state index in [9.17, 15) is 9.18 Å². The van der Waals surface area contributed by atoms with E-state index in [1.165, 1.54) is 29.7 Å². The van der Waals surface area contributed by atoms with Gasteiger partial charge in [0.05, 0.1) is 11.2 Å². The molecule has 23 heavy (non-hydrogen) atoms. The zero-order chi connectivity index (χ0) is 16.1. The summed E-state index contributed by atoms with van der Waals surface area (Å²) in [6.07, 6.45) is 4.53. The minimum atomic E-state index is -0.376. The molecule has 1 aliphatic rings. The molecule has 0 radical (unpaired) electrons. The Labute approximate surface area is 137 Å². The maximum Gasteiger partial charge on any atom is 0.286 e. The van der Waals surface area contributed by atoms with Crippen LogP contribution in [-0.2, 0) is 16.0 Å². The second-order valence-corrected chi connectivity index (χ2v) is 6.38. The molecule has 1 N–H and O–H groups in total. The number of thiazole rings is 1. The summed E-state index contributed by atoms with van der Waals surface area (Å²) in [6.45, 7) is 0.656. The first-order chi connectivity index (χ1) is 11.2. The van der Waals surface area contributed by atoms with E-state index in [4.69, 9.17) is 9.57 Å². The Morgan fingerprint density at radius 1 is 1.39 bits per heavy atom. The lowest BCUT2D eigenvalue weighted by molar-refractivity contribution is -0.186. The Kier molecular flexibility index (Phi) is 5.32. The summed E-state index contributed by atoms with van der Waals surface area (Å²) in [4.78, 5) is 22.0. The highest BCUT2D eigenvalue weighted by molar-refractivity contribution is 7.13. The molecule has 1 aliphatic heterocycles. The highest BCUT2D eigenvalue weighted by atomic mass is 32.1. The highest BCUT2D eigenvalue weighted by Crippen LogP contribution is 2.18. The van der Waals surface area contributed by atoms with Crippen LogP contribution >= 0.6 is 11.3 Å². The van der Waals surface area contributed by atoms with Crippen LogP contribution in [0.5, 0.6) is 0 Å². The van der Waals surface area contributed by atoms with Gasteiger partial charge in [-0.2, -0.15) is 0 Å². The Morgan fingerprint density at radius 2 is 2.22 bits per heavy atom. The number of hydrogen-bond acceptors (Lipinski definition) is 5. The van der Waals surface area contributed by atoms with E-state index in [1.54, 1.807) is 12.1 Å². The molecule has 1 aromatic carbocycles. The Balaban J connectivity index is 1.53. The molecule has 0 unspecified atom stereocenters. The lowest BCUT2D eigenvalue weighted by atomic mass is 10.2. The molecule has 2 heterocycles. The van der Waals surface area contributed by atoms with E-state index in [-0.39, 0.29) is 18.0 Å². The fourth-order valence-corrected chi connectivity index (χ4v) is 3.09. The van der Waals surface area contributed by atoms with Crippen LogP contribution in [0.1, 0.15) is 39.5 Å². The summed E-state index contributed by atoms with van der Waals surface area (Å²) in [6, 6.07) is 6.24. The summed E-state index contributed by atoms with van der Waals surface area (Å²) in [5.41, 5.74) is 3.35. The van der Waals surface area contributed by atoms with E-state index in [1.807, 2.05) is 0 Å². The van der Waals surface area contributed by atoms with Gasteiger partial charge in [-0.25, -0.2) is 19.7 Å². The van der Waals surface area contributed by atoms with Gasteiger partial charge in [0.25, 0.3) is 5.91 Å². The van der Waals surface area contributed by atoms with Gasteiger partial charge in [0.2, 0.25) is 0 Å². The standard InChI is InChI=1S/C16H17FN2O3S/c17-12-6-4-11(5-7-12)9-14-18-10-13(23-14)16(20)19-22-15-3-1-2-8-21-15/h4-7,10,15H,1-3,8-9H2,(H,19,20)/t15-/m1/s1. The second-order valence-electron chi connectivity index (χ2n) is 5.27. The van der Waals surface area contributed by atoms with Gasteiger partial charge in [0.15, 0.2) is 6.29 Å². The first kappa shape index (κ1) is 16.0. The molecule has 1 fully saturated rings. The number of hydroxylamine groups is 1. The first-order valence-electron chi connectivity index (χ1n) is 7.47. The number of hydrogen-bond donors (Lipinski definition) is 1. The second kappa shape index (κ2) is 7.63. The topological polar surface area (TPSA) is 60.5 Å². The summed E-state index contributed by atoms with van der Waals surface area (Å²) in [7, 11) is 0. The molecule has 1 atom stereocenters. The maximum atomic E-state index is 12.9. The molecule has 0 saturated carbocycles. The maximum absolute atomic E-state index is 12.9. The van der Waals surface area contributed by atoms with Crippen LogP contribution in [0.4, 0.5) is 4.39 Å². The highest BCUT2D eigenvalue weighted by Gasteiger charge is 2.17. The van der Waals surface area contributed by atoms with Crippen molar-refractivity contribution in [3.63, 3.8) is 0 Å². The van der Waals surface area contributed by atoms with Crippen LogP contribution in [0.2, 0.25) is 0 Å². The van der Waals surface area contributed by atoms with Crippen molar-refractivity contribution in [3.05, 3.63) is 51.7 Å². The number of rotatable bonds is 5. The monoisotopic (exact) mass is 336 g/mol. The molecule has 1 aromatic heterocycles. The van der Waals surface area contributed by atoms with Gasteiger partial charge in [-0.05, 0) is 30.5 Å². The summed E-state index contributed by atoms with van der Waals surface area (Å²) in [5, 5.41) is 0.788. The van der Waals surface area contributed by atoms with Crippen molar-refractivity contribution in [2.45, 2.75) is 32.0 Å². The molecular formula is C16H17FN2O3S. The molecule has 0 spiro atoms. The van der Waals surface area contributed by atoms with Crippen LogP contribution in [0.15, 0.2) is 30.5 Å². The van der Waals surface area contributed by atoms with Crippen molar-refractivity contribution in [2.24, 2.45) is 0 Å². The number of halogens is 1. The van der Waals surface area contributed by atoms with Crippen molar-refractivity contribution >= 4 is 17.2 Å². The molecule has 1 amide bonds. The van der Waals surface area contributed by atoms with E-state index < -0.39 is 0 Å². The number of carbonyl (C=O) groups excluding carboxylic acids is 1. The quantitative estimate of drug-likeness (QED) is 0.853. The van der Waals surface area contributed by atoms with Gasteiger partial charge in [-0.3, -0.25) is 4.79 Å². The van der Waals surface area contributed by atoms with Crippen LogP contribution < -0.4 is 5.48 Å². The zero-order valence-corrected chi connectivity index (χ0v) is 13.3. The van der Waals surface area contributed by atoms with E-state index >= 15 is 0 Å². The largest absolute Gasteiger partial charge is 0.350 e. The van der Waals surface area contributed by atoms with Gasteiger partial charge in [-0.15, -0.1) is 11.3 Å². The molecular weight excluding hydrogens is 319 g/mol. The van der Waals surface area contributed by atoms with Crippen molar-refractivity contribution in [3.8, 4) is 0 Å². The van der Waals surface area contributed by atoms with Gasteiger partial charge >= 0.3 is 0 Å². The lowest BCUT2D eigenvalue weighted by Gasteiger charge is -2.21. The molecule has 0 bridgehead atoms. The molecule has 5 nitrogen and oxygen atoms in total. The number of aromatic nitrogens is 1. The van der Waals surface area contributed by atoms with Crippen molar-refractivity contribution in [1.82, 2.24) is 10.5 Å². The Bertz CT molecular complexity index is 654. The molecule has 0 aliphatic carbocycles. The van der Waals surface area contributed by atoms with E-state index in [2.05, 4.69) is 10.5 Å². The first-order valence-corrected chi connectivity index (χ1v) is 8.29. The molecule has 122 valence electrons. The van der Waals surface area contributed by atoms with E-state index in [0.717, 1.165) is 29.8 Å². The fourth-order valence-electron chi connectivity index (χ4n) is 2.25. The van der Waals surface area contributed by atoms with Crippen molar-refractivity contribution < 1.29 is 18.8 Å². The third-order valence-electron chi connectivity index (χ3n) is 3.47. The number of nitrogens with zero attached hydrogens (tertiary/aromatic N) is 1. The smallest absolute Gasteiger partial charge is 0.286 e. The number of benzene rings is 1. The SMILES string of the molecule is O=C(NO[C@@H]1CCCCO1)c1cnc(Cc2ccc(F)cc2)s1. The van der Waals surface area contributed by atoms with Crippen LogP contribution in [0.25, 0.3) is 0 Å². The molecule has 3 rings (SSSR count). The summed E-state index contributed by atoms with van der Waals surface area (Å²) in [5.74, 6) is -0.600. The van der Waals surface area contributed by atoms with Crippen molar-refractivity contribution in [2.75, 3.05) is 6.61 Å². The predicted molar refractivity (Wildman–Crippen MR) is 83.5 cm³/mol. The number of ether oxygens (including phenoxy) is 1. The molecule has 7 heteroatoms. The Morgan fingerprint density at radius 3 is 2.96 bits per heavy atom. The van der Waals surface area contributed by atoms with Crippen LogP contribution in [-0.4, -0.2) is 23.8 Å². The number of amides is 1. The van der Waals surface area contributed by atoms with Gasteiger partial charge < -0.3 is 4.74 Å². The minimum absolute atomic E-state index is 0.268. The summed E-state index contributed by atoms with van der Waals surface area (Å²) < 4.78 is 18.3. The third-order valence-corrected chi connectivity index (χ3v) is 4.46. The minimum Gasteiger partial charge on any atom is -0.350 e. The fraction of sp³-hybridized carbons (Fsp3) is 0.375. The Hall–Kier alpha value is -1.83. The van der Waals surface area contributed by atoms with Gasteiger partial charge in [-0.1, -0.05) is 12.1 Å². The van der Waals surface area contributed by atoms with E-state index in [0.29, 0.717) is 17.9 Å². The number of nitrogens with one attached hydrogen (secondary N) is 1. The van der Waals surface area contributed by atoms with Crippen LogP contribution in [0.3, 0.4) is 0 Å². The van der Waals surface area contributed by atoms with Gasteiger partial charge in [0.1, 0.15) is 10.7 Å². The summed E-state index contributed by atoms with van der Waals surface area (Å²) >= 11 is 1.29.